The van der Waals surface area contributed by atoms with Crippen LogP contribution in [0.15, 0.2) is 29.2 Å². The zero-order valence-electron chi connectivity index (χ0n) is 5.29. The van der Waals surface area contributed by atoms with Gasteiger partial charge in [-0.15, -0.1) is 0 Å². The first-order valence-corrected chi connectivity index (χ1v) is 2.93. The second-order valence-corrected chi connectivity index (χ2v) is 2.28. The Labute approximate surface area is 86.3 Å². The topological polar surface area (TPSA) is 0 Å². The van der Waals surface area contributed by atoms with Gasteiger partial charge in [0.05, 0.1) is 0 Å². The van der Waals surface area contributed by atoms with E-state index >= 15 is 0 Å². The van der Waals surface area contributed by atoms with Crippen LogP contribution in [0.1, 0.15) is 5.56 Å². The van der Waals surface area contributed by atoms with Crippen molar-refractivity contribution in [2.24, 2.45) is 0 Å². The number of hydrogen-bond acceptors (Lipinski definition) is 1. The molecule has 1 radical (unpaired) electrons. The van der Waals surface area contributed by atoms with Gasteiger partial charge in [-0.05, 0) is 6.92 Å². The van der Waals surface area contributed by atoms with Crippen molar-refractivity contribution in [1.29, 1.82) is 0 Å². The van der Waals surface area contributed by atoms with Crippen molar-refractivity contribution in [2.45, 2.75) is 11.8 Å². The molecule has 45 valence electrons. The van der Waals surface area contributed by atoms with Crippen molar-refractivity contribution in [1.82, 2.24) is 0 Å². The van der Waals surface area contributed by atoms with Gasteiger partial charge >= 0.3 is 0 Å². The van der Waals surface area contributed by atoms with Gasteiger partial charge in [0.1, 0.15) is 0 Å². The predicted molar refractivity (Wildman–Crippen MR) is 36.8 cm³/mol. The quantitative estimate of drug-likeness (QED) is 0.592. The molecule has 0 unspecified atom stereocenters. The molecule has 0 fully saturated rings. The van der Waals surface area contributed by atoms with E-state index in [9.17, 15) is 0 Å². The summed E-state index contributed by atoms with van der Waals surface area (Å²) in [6, 6.07) is 7.90. The summed E-state index contributed by atoms with van der Waals surface area (Å²) in [5, 5.41) is 0. The number of benzene rings is 1. The Bertz CT molecular complexity index is 148. The molecule has 0 nitrogen and oxygen atoms in total. The Morgan fingerprint density at radius 1 is 1.11 bits per heavy atom. The normalized spacial score (nSPS) is 8.11. The van der Waals surface area contributed by atoms with Crippen LogP contribution in [0.2, 0.25) is 0 Å². The predicted octanol–water partition coefficient (Wildman–Crippen LogP) is 1.90. The van der Waals surface area contributed by atoms with Gasteiger partial charge < -0.3 is 12.6 Å². The molecule has 0 atom stereocenters. The fourth-order valence-corrected chi connectivity index (χ4v) is 0.674. The Kier molecular flexibility index (Phi) is 4.64. The summed E-state index contributed by atoms with van der Waals surface area (Å²) in [5.74, 6) is 0. The Hall–Kier alpha value is 0.544. The van der Waals surface area contributed by atoms with Gasteiger partial charge in [-0.1, -0.05) is 29.8 Å². The van der Waals surface area contributed by atoms with Crippen LogP contribution in [0.5, 0.6) is 0 Å². The molecule has 1 rings (SSSR count). The van der Waals surface area contributed by atoms with Crippen LogP contribution in [-0.4, -0.2) is 0 Å². The summed E-state index contributed by atoms with van der Waals surface area (Å²) >= 11 is 4.87. The minimum atomic E-state index is 0. The van der Waals surface area contributed by atoms with Gasteiger partial charge in [-0.2, -0.15) is 4.90 Å². The summed E-state index contributed by atoms with van der Waals surface area (Å²) in [4.78, 5) is 0.913. The molecule has 0 amide bonds. The molecule has 1 aromatic carbocycles. The van der Waals surface area contributed by atoms with Crippen molar-refractivity contribution >= 4 is 12.6 Å². The summed E-state index contributed by atoms with van der Waals surface area (Å²) in [6.45, 7) is 2.05. The first kappa shape index (κ1) is 9.54. The average Bonchev–Trinajstić information content (AvgIpc) is 1.77. The Morgan fingerprint density at radius 2 is 1.56 bits per heavy atom. The SMILES string of the molecule is Cc1ccc([S-])cc1.[Y]. The van der Waals surface area contributed by atoms with E-state index in [1.54, 1.807) is 0 Å². The fourth-order valence-electron chi connectivity index (χ4n) is 0.538. The van der Waals surface area contributed by atoms with Gasteiger partial charge in [0.2, 0.25) is 0 Å². The molecular formula is C7H7SY-. The van der Waals surface area contributed by atoms with Crippen LogP contribution < -0.4 is 0 Å². The monoisotopic (exact) mass is 212 g/mol. The summed E-state index contributed by atoms with van der Waals surface area (Å²) < 4.78 is 0. The summed E-state index contributed by atoms with van der Waals surface area (Å²) in [6.07, 6.45) is 0. The molecule has 0 bridgehead atoms. The molecule has 0 N–H and O–H groups in total. The largest absolute Gasteiger partial charge is 0.780 e. The molecule has 0 saturated heterocycles. The van der Waals surface area contributed by atoms with Crippen molar-refractivity contribution in [3.63, 3.8) is 0 Å². The molecule has 9 heavy (non-hydrogen) atoms. The molecule has 0 heterocycles. The maximum Gasteiger partial charge on any atom is 0 e. The van der Waals surface area contributed by atoms with E-state index in [1.807, 2.05) is 24.3 Å². The van der Waals surface area contributed by atoms with E-state index in [1.165, 1.54) is 5.56 Å². The van der Waals surface area contributed by atoms with Gasteiger partial charge in [0, 0.05) is 32.7 Å². The maximum atomic E-state index is 4.87. The van der Waals surface area contributed by atoms with Crippen molar-refractivity contribution in [3.05, 3.63) is 29.8 Å². The number of hydrogen-bond donors (Lipinski definition) is 0. The third kappa shape index (κ3) is 3.29. The van der Waals surface area contributed by atoms with Crippen molar-refractivity contribution in [3.8, 4) is 0 Å². The summed E-state index contributed by atoms with van der Waals surface area (Å²) in [5.41, 5.74) is 1.26. The van der Waals surface area contributed by atoms with Crippen LogP contribution in [-0.2, 0) is 45.3 Å². The summed E-state index contributed by atoms with van der Waals surface area (Å²) in [7, 11) is 0. The third-order valence-electron chi connectivity index (χ3n) is 1.02. The first-order valence-electron chi connectivity index (χ1n) is 2.53. The zero-order chi connectivity index (χ0) is 5.98. The third-order valence-corrected chi connectivity index (χ3v) is 1.29. The molecule has 0 aliphatic carbocycles. The molecule has 1 aromatic rings. The van der Waals surface area contributed by atoms with Crippen LogP contribution in [0.3, 0.4) is 0 Å². The second kappa shape index (κ2) is 4.37. The van der Waals surface area contributed by atoms with Crippen LogP contribution in [0, 0.1) is 6.92 Å². The smallest absolute Gasteiger partial charge is 0 e. The van der Waals surface area contributed by atoms with Gasteiger partial charge in [0.15, 0.2) is 0 Å². The molecule has 0 spiro atoms. The van der Waals surface area contributed by atoms with E-state index in [2.05, 4.69) is 6.92 Å². The van der Waals surface area contributed by atoms with Gasteiger partial charge in [-0.3, -0.25) is 0 Å². The van der Waals surface area contributed by atoms with Gasteiger partial charge in [0.25, 0.3) is 0 Å². The molecular weight excluding hydrogens is 205 g/mol. The van der Waals surface area contributed by atoms with Gasteiger partial charge in [-0.25, -0.2) is 0 Å². The number of rotatable bonds is 0. The molecule has 0 aliphatic rings. The Balaban J connectivity index is 0.000000640. The number of aryl methyl sites for hydroxylation is 1. The van der Waals surface area contributed by atoms with Crippen LogP contribution in [0.25, 0.3) is 0 Å². The first-order chi connectivity index (χ1) is 3.79. The Morgan fingerprint density at radius 3 is 1.89 bits per heavy atom. The van der Waals surface area contributed by atoms with Crippen LogP contribution in [0.4, 0.5) is 0 Å². The maximum absolute atomic E-state index is 4.87. The average molecular weight is 212 g/mol. The van der Waals surface area contributed by atoms with E-state index in [-0.39, 0.29) is 32.7 Å². The second-order valence-electron chi connectivity index (χ2n) is 1.81. The zero-order valence-corrected chi connectivity index (χ0v) is 8.95. The fraction of sp³-hybridized carbons (Fsp3) is 0.143. The molecule has 0 aliphatic heterocycles. The van der Waals surface area contributed by atoms with E-state index in [4.69, 9.17) is 12.6 Å². The minimum Gasteiger partial charge on any atom is -0.780 e. The van der Waals surface area contributed by atoms with Crippen molar-refractivity contribution < 1.29 is 32.7 Å². The van der Waals surface area contributed by atoms with E-state index in [0.717, 1.165) is 4.90 Å². The molecule has 0 saturated carbocycles. The molecule has 2 heteroatoms. The standard InChI is InChI=1S/C7H8S.Y/c1-6-2-4-7(8)5-3-6;/h2-5,8H,1H3;/p-1. The van der Waals surface area contributed by atoms with Crippen LogP contribution >= 0.6 is 0 Å². The minimum absolute atomic E-state index is 0. The van der Waals surface area contributed by atoms with Crippen molar-refractivity contribution in [2.75, 3.05) is 0 Å². The van der Waals surface area contributed by atoms with E-state index in [0.29, 0.717) is 0 Å². The van der Waals surface area contributed by atoms with E-state index < -0.39 is 0 Å². The molecule has 0 aromatic heterocycles.